The van der Waals surface area contributed by atoms with E-state index in [9.17, 15) is 0 Å². The third-order valence-corrected chi connectivity index (χ3v) is 0.827. The average Bonchev–Trinajstić information content (AvgIpc) is 2.11. The quantitative estimate of drug-likeness (QED) is 0.530. The Morgan fingerprint density at radius 3 is 1.80 bits per heavy atom. The summed E-state index contributed by atoms with van der Waals surface area (Å²) in [5, 5.41) is 7.42. The highest BCUT2D eigenvalue weighted by molar-refractivity contribution is 5.62. The molecular formula is C6H14O4. The number of carboxylic acid groups (broad SMARTS) is 1. The van der Waals surface area contributed by atoms with E-state index in [0.29, 0.717) is 0 Å². The van der Waals surface area contributed by atoms with Gasteiger partial charge < -0.3 is 15.3 Å². The van der Waals surface area contributed by atoms with Crippen molar-refractivity contribution >= 4 is 5.97 Å². The summed E-state index contributed by atoms with van der Waals surface area (Å²) in [5.41, 5.74) is 0. The zero-order valence-electron chi connectivity index (χ0n) is 6.09. The third kappa shape index (κ3) is 15.7. The Balaban J connectivity index is 0. The summed E-state index contributed by atoms with van der Waals surface area (Å²) >= 11 is 0. The smallest absolute Gasteiger partial charge is 0.300 e. The van der Waals surface area contributed by atoms with E-state index in [1.165, 1.54) is 12.8 Å². The predicted molar refractivity (Wildman–Crippen MR) is 37.0 cm³/mol. The van der Waals surface area contributed by atoms with Crippen LogP contribution in [0.3, 0.4) is 0 Å². The summed E-state index contributed by atoms with van der Waals surface area (Å²) < 4.78 is 4.94. The van der Waals surface area contributed by atoms with Gasteiger partial charge in [-0.3, -0.25) is 4.79 Å². The molecule has 0 aliphatic carbocycles. The molecule has 0 aromatic rings. The van der Waals surface area contributed by atoms with Gasteiger partial charge in [0, 0.05) is 20.1 Å². The van der Waals surface area contributed by atoms with Gasteiger partial charge in [-0.1, -0.05) is 0 Å². The van der Waals surface area contributed by atoms with Crippen LogP contribution in [0.1, 0.15) is 19.8 Å². The van der Waals surface area contributed by atoms with E-state index in [4.69, 9.17) is 14.6 Å². The monoisotopic (exact) mass is 150 g/mol. The van der Waals surface area contributed by atoms with Crippen molar-refractivity contribution in [3.63, 3.8) is 0 Å². The number of carbonyl (C=O) groups is 1. The molecule has 0 spiro atoms. The van der Waals surface area contributed by atoms with Gasteiger partial charge in [0.05, 0.1) is 0 Å². The van der Waals surface area contributed by atoms with Crippen LogP contribution in [-0.4, -0.2) is 29.8 Å². The van der Waals surface area contributed by atoms with Gasteiger partial charge in [-0.15, -0.1) is 0 Å². The molecule has 0 bridgehead atoms. The van der Waals surface area contributed by atoms with Gasteiger partial charge in [0.1, 0.15) is 0 Å². The zero-order valence-corrected chi connectivity index (χ0v) is 6.09. The molecule has 0 atom stereocenters. The van der Waals surface area contributed by atoms with Gasteiger partial charge in [-0.2, -0.15) is 0 Å². The van der Waals surface area contributed by atoms with Gasteiger partial charge in [0.25, 0.3) is 5.97 Å². The van der Waals surface area contributed by atoms with Crippen LogP contribution in [0.4, 0.5) is 0 Å². The lowest BCUT2D eigenvalue weighted by molar-refractivity contribution is -0.134. The molecule has 0 aromatic heterocycles. The minimum atomic E-state index is -0.833. The second-order valence-electron chi connectivity index (χ2n) is 1.84. The van der Waals surface area contributed by atoms with Gasteiger partial charge >= 0.3 is 0 Å². The molecule has 4 nitrogen and oxygen atoms in total. The summed E-state index contributed by atoms with van der Waals surface area (Å²) in [6, 6.07) is 0. The lowest BCUT2D eigenvalue weighted by Gasteiger charge is -1.76. The summed E-state index contributed by atoms with van der Waals surface area (Å²) in [7, 11) is 0. The Kier molecular flexibility index (Phi) is 10.2. The van der Waals surface area contributed by atoms with Gasteiger partial charge in [-0.05, 0) is 12.8 Å². The molecule has 0 amide bonds. The largest absolute Gasteiger partial charge is 0.481 e. The van der Waals surface area contributed by atoms with Crippen molar-refractivity contribution in [1.82, 2.24) is 0 Å². The maximum Gasteiger partial charge on any atom is 0.300 e. The molecule has 1 aliphatic heterocycles. The first-order valence-corrected chi connectivity index (χ1v) is 3.01. The number of aliphatic carboxylic acids is 1. The number of carboxylic acids is 1. The van der Waals surface area contributed by atoms with Crippen LogP contribution >= 0.6 is 0 Å². The molecule has 1 aliphatic rings. The second-order valence-corrected chi connectivity index (χ2v) is 1.84. The average molecular weight is 150 g/mol. The molecule has 1 fully saturated rings. The fourth-order valence-electron chi connectivity index (χ4n) is 0.510. The van der Waals surface area contributed by atoms with E-state index in [1.54, 1.807) is 0 Å². The van der Waals surface area contributed by atoms with E-state index < -0.39 is 5.97 Å². The molecule has 0 radical (unpaired) electrons. The minimum Gasteiger partial charge on any atom is -0.481 e. The molecule has 1 heterocycles. The van der Waals surface area contributed by atoms with Crippen molar-refractivity contribution in [2.24, 2.45) is 0 Å². The molecule has 62 valence electrons. The maximum absolute atomic E-state index is 9.00. The van der Waals surface area contributed by atoms with E-state index in [2.05, 4.69) is 0 Å². The Hall–Kier alpha value is -0.610. The van der Waals surface area contributed by atoms with Crippen LogP contribution in [0.5, 0.6) is 0 Å². The van der Waals surface area contributed by atoms with Crippen LogP contribution < -0.4 is 0 Å². The molecule has 1 saturated heterocycles. The van der Waals surface area contributed by atoms with Crippen molar-refractivity contribution in [2.75, 3.05) is 13.2 Å². The van der Waals surface area contributed by atoms with E-state index in [0.717, 1.165) is 20.1 Å². The first kappa shape index (κ1) is 12.1. The van der Waals surface area contributed by atoms with Crippen molar-refractivity contribution < 1.29 is 20.1 Å². The fourth-order valence-corrected chi connectivity index (χ4v) is 0.510. The number of hydrogen-bond acceptors (Lipinski definition) is 2. The highest BCUT2D eigenvalue weighted by Crippen LogP contribution is 1.98. The number of hydrogen-bond donors (Lipinski definition) is 1. The van der Waals surface area contributed by atoms with Gasteiger partial charge in [-0.25, -0.2) is 0 Å². The van der Waals surface area contributed by atoms with E-state index in [1.807, 2.05) is 0 Å². The maximum atomic E-state index is 9.00. The Morgan fingerprint density at radius 1 is 1.40 bits per heavy atom. The standard InChI is InChI=1S/C4H8O.C2H4O2.H2O/c1-2-4-5-3-1;1-2(3)4;/h1-4H2;1H3,(H,3,4);1H2. The lowest BCUT2D eigenvalue weighted by Crippen LogP contribution is -1.78. The topological polar surface area (TPSA) is 78.0 Å². The lowest BCUT2D eigenvalue weighted by atomic mass is 10.4. The zero-order chi connectivity index (χ0) is 7.11. The van der Waals surface area contributed by atoms with Crippen LogP contribution in [0.15, 0.2) is 0 Å². The normalized spacial score (nSPS) is 14.5. The molecule has 4 heteroatoms. The predicted octanol–water partition coefficient (Wildman–Crippen LogP) is 0.0630. The summed E-state index contributed by atoms with van der Waals surface area (Å²) in [4.78, 5) is 9.00. The van der Waals surface area contributed by atoms with Gasteiger partial charge in [0.2, 0.25) is 0 Å². The Morgan fingerprint density at radius 2 is 1.70 bits per heavy atom. The SMILES string of the molecule is C1CCOC1.CC(=O)O.O. The molecule has 10 heavy (non-hydrogen) atoms. The number of rotatable bonds is 0. The highest BCUT2D eigenvalue weighted by atomic mass is 16.5. The Labute approximate surface area is 60.1 Å². The third-order valence-electron chi connectivity index (χ3n) is 0.827. The highest BCUT2D eigenvalue weighted by Gasteiger charge is 1.94. The first-order chi connectivity index (χ1) is 4.23. The van der Waals surface area contributed by atoms with E-state index in [-0.39, 0.29) is 5.48 Å². The molecule has 1 rings (SSSR count). The number of ether oxygens (including phenoxy) is 1. The molecule has 0 aromatic carbocycles. The summed E-state index contributed by atoms with van der Waals surface area (Å²) in [6.07, 6.45) is 2.56. The van der Waals surface area contributed by atoms with Crippen molar-refractivity contribution in [3.05, 3.63) is 0 Å². The van der Waals surface area contributed by atoms with Crippen molar-refractivity contribution in [1.29, 1.82) is 0 Å². The van der Waals surface area contributed by atoms with Crippen molar-refractivity contribution in [2.45, 2.75) is 19.8 Å². The molecule has 3 N–H and O–H groups in total. The molecule has 0 saturated carbocycles. The molecular weight excluding hydrogens is 136 g/mol. The van der Waals surface area contributed by atoms with Gasteiger partial charge in [0.15, 0.2) is 0 Å². The fraction of sp³-hybridized carbons (Fsp3) is 0.833. The van der Waals surface area contributed by atoms with Crippen molar-refractivity contribution in [3.8, 4) is 0 Å². The Bertz CT molecular complexity index is 66.2. The van der Waals surface area contributed by atoms with E-state index >= 15 is 0 Å². The second kappa shape index (κ2) is 8.39. The molecule has 0 unspecified atom stereocenters. The van der Waals surface area contributed by atoms with Crippen LogP contribution in [0.25, 0.3) is 0 Å². The van der Waals surface area contributed by atoms with Crippen LogP contribution in [0.2, 0.25) is 0 Å². The van der Waals surface area contributed by atoms with Crippen LogP contribution in [-0.2, 0) is 9.53 Å². The first-order valence-electron chi connectivity index (χ1n) is 3.01. The summed E-state index contributed by atoms with van der Waals surface area (Å²) in [5.74, 6) is -0.833. The minimum absolute atomic E-state index is 0. The summed E-state index contributed by atoms with van der Waals surface area (Å²) in [6.45, 7) is 3.08. The van der Waals surface area contributed by atoms with Crippen LogP contribution in [0, 0.1) is 0 Å².